The Kier molecular flexibility index (Phi) is 4.36. The number of nitrogens with one attached hydrogen (secondary N) is 1. The minimum atomic E-state index is -0.507. The first-order valence-electron chi connectivity index (χ1n) is 9.58. The number of aromatic nitrogens is 4. The van der Waals surface area contributed by atoms with Gasteiger partial charge in [0.2, 0.25) is 0 Å². The maximum Gasteiger partial charge on any atom is 0.410 e. The zero-order chi connectivity index (χ0) is 20.1. The fourth-order valence-corrected chi connectivity index (χ4v) is 3.69. The van der Waals surface area contributed by atoms with E-state index in [9.17, 15) is 9.59 Å². The summed E-state index contributed by atoms with van der Waals surface area (Å²) in [4.78, 5) is 33.7. The van der Waals surface area contributed by atoms with Crippen molar-refractivity contribution in [1.29, 1.82) is 0 Å². The molecular weight excluding hydrogens is 358 g/mol. The molecule has 1 aliphatic rings. The van der Waals surface area contributed by atoms with Crippen LogP contribution < -0.4 is 5.56 Å². The molecule has 4 rings (SSSR count). The first kappa shape index (κ1) is 18.5. The van der Waals surface area contributed by atoms with Gasteiger partial charge in [-0.15, -0.1) is 5.10 Å². The van der Waals surface area contributed by atoms with Crippen LogP contribution in [0.2, 0.25) is 0 Å². The van der Waals surface area contributed by atoms with Gasteiger partial charge in [0.15, 0.2) is 5.65 Å². The lowest BCUT2D eigenvalue weighted by Gasteiger charge is -2.33. The third-order valence-electron chi connectivity index (χ3n) is 5.01. The topological polar surface area (TPSA) is 92.6 Å². The van der Waals surface area contributed by atoms with Gasteiger partial charge in [-0.2, -0.15) is 0 Å². The Morgan fingerprint density at radius 3 is 2.64 bits per heavy atom. The summed E-state index contributed by atoms with van der Waals surface area (Å²) in [5.41, 5.74) is 2.37. The molecule has 0 bridgehead atoms. The number of H-pyrrole nitrogens is 1. The third-order valence-corrected chi connectivity index (χ3v) is 5.01. The van der Waals surface area contributed by atoms with Crippen LogP contribution in [0.5, 0.6) is 0 Å². The summed E-state index contributed by atoms with van der Waals surface area (Å²) in [5.74, 6) is 0.138. The van der Waals surface area contributed by atoms with Gasteiger partial charge in [0, 0.05) is 30.8 Å². The molecular formula is C20H25N5O3. The van der Waals surface area contributed by atoms with Crippen molar-refractivity contribution in [1.82, 2.24) is 24.5 Å². The highest BCUT2D eigenvalue weighted by Gasteiger charge is 2.29. The summed E-state index contributed by atoms with van der Waals surface area (Å²) in [5, 5.41) is 5.45. The normalized spacial score (nSPS) is 16.1. The van der Waals surface area contributed by atoms with Crippen LogP contribution in [0.25, 0.3) is 16.7 Å². The molecule has 1 fully saturated rings. The number of piperidine rings is 1. The standard InChI is InChI=1S/C20H25N5O3/c1-12-5-6-14-17(21-12)23-25-15(11-16(26)22-18(14)25)13-7-9-24(10-8-13)19(27)28-20(2,3)4/h5-6,11,13H,7-10H2,1-4H3,(H,22,26). The number of nitrogens with zero attached hydrogens (tertiary/aromatic N) is 4. The molecule has 3 aromatic rings. The Morgan fingerprint density at radius 1 is 1.25 bits per heavy atom. The highest BCUT2D eigenvalue weighted by molar-refractivity contribution is 5.89. The van der Waals surface area contributed by atoms with E-state index in [4.69, 9.17) is 4.74 Å². The Morgan fingerprint density at radius 2 is 1.96 bits per heavy atom. The number of likely N-dealkylation sites (tertiary alicyclic amines) is 1. The lowest BCUT2D eigenvalue weighted by Crippen LogP contribution is -2.41. The van der Waals surface area contributed by atoms with Gasteiger partial charge in [-0.3, -0.25) is 4.79 Å². The molecule has 8 nitrogen and oxygen atoms in total. The summed E-state index contributed by atoms with van der Waals surface area (Å²) in [6, 6.07) is 5.46. The molecule has 0 unspecified atom stereocenters. The van der Waals surface area contributed by atoms with Gasteiger partial charge in [-0.25, -0.2) is 14.3 Å². The van der Waals surface area contributed by atoms with Crippen LogP contribution in [-0.2, 0) is 4.74 Å². The lowest BCUT2D eigenvalue weighted by molar-refractivity contribution is 0.0203. The van der Waals surface area contributed by atoms with E-state index in [1.807, 2.05) is 39.8 Å². The zero-order valence-corrected chi connectivity index (χ0v) is 16.7. The first-order valence-corrected chi connectivity index (χ1v) is 9.58. The number of carbonyl (C=O) groups excluding carboxylic acids is 1. The molecule has 1 aliphatic heterocycles. The average Bonchev–Trinajstić information content (AvgIpc) is 2.97. The second kappa shape index (κ2) is 6.61. The van der Waals surface area contributed by atoms with Crippen LogP contribution in [0, 0.1) is 6.92 Å². The molecule has 28 heavy (non-hydrogen) atoms. The minimum absolute atomic E-state index is 0.138. The fourth-order valence-electron chi connectivity index (χ4n) is 3.69. The van der Waals surface area contributed by atoms with E-state index in [1.54, 1.807) is 15.5 Å². The Balaban J connectivity index is 1.63. The molecule has 4 heterocycles. The van der Waals surface area contributed by atoms with E-state index in [1.165, 1.54) is 0 Å². The number of rotatable bonds is 1. The highest BCUT2D eigenvalue weighted by atomic mass is 16.6. The van der Waals surface area contributed by atoms with Crippen molar-refractivity contribution in [3.63, 3.8) is 0 Å². The van der Waals surface area contributed by atoms with Crippen molar-refractivity contribution in [2.75, 3.05) is 13.1 Å². The minimum Gasteiger partial charge on any atom is -0.444 e. The molecule has 0 atom stereocenters. The fraction of sp³-hybridized carbons (Fsp3) is 0.500. The Bertz CT molecular complexity index is 1100. The maximum absolute atomic E-state index is 12.3. The van der Waals surface area contributed by atoms with Crippen LogP contribution in [0.1, 0.15) is 50.9 Å². The van der Waals surface area contributed by atoms with Crippen LogP contribution in [-0.4, -0.2) is 49.3 Å². The Labute approximate surface area is 162 Å². The van der Waals surface area contributed by atoms with Gasteiger partial charge in [-0.05, 0) is 52.7 Å². The van der Waals surface area contributed by atoms with Crippen molar-refractivity contribution >= 4 is 22.8 Å². The number of aryl methyl sites for hydroxylation is 1. The van der Waals surface area contributed by atoms with Crippen LogP contribution >= 0.6 is 0 Å². The molecule has 1 N–H and O–H groups in total. The number of pyridine rings is 1. The number of fused-ring (bicyclic) bond motifs is 3. The van der Waals surface area contributed by atoms with Crippen LogP contribution in [0.3, 0.4) is 0 Å². The van der Waals surface area contributed by atoms with Crippen LogP contribution in [0.15, 0.2) is 23.0 Å². The molecule has 0 aromatic carbocycles. The third kappa shape index (κ3) is 3.46. The van der Waals surface area contributed by atoms with Crippen molar-refractivity contribution in [3.8, 4) is 0 Å². The highest BCUT2D eigenvalue weighted by Crippen LogP contribution is 2.29. The molecule has 1 saturated heterocycles. The SMILES string of the molecule is Cc1ccc2c(n1)nn1c(C3CCN(C(=O)OC(C)(C)C)CC3)cc(=O)[nH]c21. The van der Waals surface area contributed by atoms with E-state index in [0.29, 0.717) is 24.4 Å². The molecule has 1 amide bonds. The van der Waals surface area contributed by atoms with E-state index in [0.717, 1.165) is 29.6 Å². The van der Waals surface area contributed by atoms with Crippen molar-refractivity contribution in [2.45, 2.75) is 52.1 Å². The number of hydrogen-bond donors (Lipinski definition) is 1. The number of hydrogen-bond acceptors (Lipinski definition) is 5. The second-order valence-electron chi connectivity index (χ2n) is 8.38. The smallest absolute Gasteiger partial charge is 0.410 e. The maximum atomic E-state index is 12.3. The van der Waals surface area contributed by atoms with E-state index < -0.39 is 5.60 Å². The van der Waals surface area contributed by atoms with E-state index in [-0.39, 0.29) is 17.6 Å². The van der Waals surface area contributed by atoms with Gasteiger partial charge < -0.3 is 14.6 Å². The largest absolute Gasteiger partial charge is 0.444 e. The van der Waals surface area contributed by atoms with Crippen LogP contribution in [0.4, 0.5) is 4.79 Å². The van der Waals surface area contributed by atoms with Gasteiger partial charge in [0.1, 0.15) is 11.2 Å². The number of aromatic amines is 1. The molecule has 0 saturated carbocycles. The van der Waals surface area contributed by atoms with Crippen molar-refractivity contribution in [2.24, 2.45) is 0 Å². The first-order chi connectivity index (χ1) is 13.2. The molecule has 0 aliphatic carbocycles. The average molecular weight is 383 g/mol. The van der Waals surface area contributed by atoms with Gasteiger partial charge in [0.05, 0.1) is 11.1 Å². The Hall–Kier alpha value is -2.90. The number of carbonyl (C=O) groups is 1. The van der Waals surface area contributed by atoms with E-state index in [2.05, 4.69) is 15.1 Å². The second-order valence-corrected chi connectivity index (χ2v) is 8.38. The summed E-state index contributed by atoms with van der Waals surface area (Å²) in [7, 11) is 0. The summed E-state index contributed by atoms with van der Waals surface area (Å²) < 4.78 is 7.26. The van der Waals surface area contributed by atoms with Gasteiger partial charge in [0.25, 0.3) is 5.56 Å². The van der Waals surface area contributed by atoms with Crippen molar-refractivity contribution < 1.29 is 9.53 Å². The van der Waals surface area contributed by atoms with E-state index >= 15 is 0 Å². The lowest BCUT2D eigenvalue weighted by atomic mass is 9.93. The summed E-state index contributed by atoms with van der Waals surface area (Å²) in [6.07, 6.45) is 1.22. The molecule has 8 heteroatoms. The number of ether oxygens (including phenoxy) is 1. The number of amides is 1. The van der Waals surface area contributed by atoms with Crippen molar-refractivity contribution in [3.05, 3.63) is 39.9 Å². The van der Waals surface area contributed by atoms with Gasteiger partial charge >= 0.3 is 6.09 Å². The summed E-state index contributed by atoms with van der Waals surface area (Å²) >= 11 is 0. The molecule has 0 radical (unpaired) electrons. The summed E-state index contributed by atoms with van der Waals surface area (Å²) in [6.45, 7) is 8.69. The van der Waals surface area contributed by atoms with Gasteiger partial charge in [-0.1, -0.05) is 0 Å². The quantitative estimate of drug-likeness (QED) is 0.697. The zero-order valence-electron chi connectivity index (χ0n) is 16.7. The molecule has 3 aromatic heterocycles. The monoisotopic (exact) mass is 383 g/mol. The molecule has 148 valence electrons. The predicted molar refractivity (Wildman–Crippen MR) is 106 cm³/mol. The molecule has 0 spiro atoms. The predicted octanol–water partition coefficient (Wildman–Crippen LogP) is 2.99.